The Bertz CT molecular complexity index is 686. The van der Waals surface area contributed by atoms with Crippen molar-refractivity contribution < 1.29 is 19.1 Å². The summed E-state index contributed by atoms with van der Waals surface area (Å²) in [5.41, 5.74) is 1.74. The smallest absolute Gasteiger partial charge is 0.314 e. The molecule has 2 radical (unpaired) electrons. The van der Waals surface area contributed by atoms with Crippen LogP contribution in [0, 0.1) is 25.7 Å². The zero-order valence-electron chi connectivity index (χ0n) is 14.6. The molecular weight excluding hydrogens is 328 g/mol. The van der Waals surface area contributed by atoms with Crippen LogP contribution < -0.4 is 9.47 Å². The molecule has 4 heteroatoms. The maximum absolute atomic E-state index is 12.3. The molecule has 0 saturated heterocycles. The number of ether oxygens (including phenoxy) is 2. The van der Waals surface area contributed by atoms with Crippen molar-refractivity contribution in [2.75, 3.05) is 0 Å². The van der Waals surface area contributed by atoms with Crippen molar-refractivity contribution in [1.29, 1.82) is 0 Å². The predicted octanol–water partition coefficient (Wildman–Crippen LogP) is 4.37. The summed E-state index contributed by atoms with van der Waals surface area (Å²) in [6, 6.07) is 14.2. The molecule has 0 N–H and O–H groups in total. The van der Waals surface area contributed by atoms with Gasteiger partial charge in [-0.1, -0.05) is 24.3 Å². The van der Waals surface area contributed by atoms with Crippen LogP contribution in [0.5, 0.6) is 11.5 Å². The van der Waals surface area contributed by atoms with Gasteiger partial charge in [0.2, 0.25) is 0 Å². The molecule has 0 aromatic heterocycles. The summed E-state index contributed by atoms with van der Waals surface area (Å²) in [5, 5.41) is 0. The number of carbonyl (C=O) groups excluding carboxylic acids is 2. The molecule has 0 bridgehead atoms. The Morgan fingerprint density at radius 1 is 0.654 bits per heavy atom. The quantitative estimate of drug-likeness (QED) is 0.607. The first-order chi connectivity index (χ1) is 12.5. The van der Waals surface area contributed by atoms with Crippen molar-refractivity contribution in [3.05, 3.63) is 73.5 Å². The fraction of sp³-hybridized carbons (Fsp3) is 0.273. The van der Waals surface area contributed by atoms with Gasteiger partial charge in [0.15, 0.2) is 0 Å². The second-order valence-electron chi connectivity index (χ2n) is 6.68. The van der Waals surface area contributed by atoms with Crippen LogP contribution in [0.15, 0.2) is 48.5 Å². The summed E-state index contributed by atoms with van der Waals surface area (Å²) >= 11 is 0. The van der Waals surface area contributed by atoms with E-state index in [4.69, 9.17) is 9.47 Å². The molecule has 1 saturated carbocycles. The molecular formula is C22H22O4. The summed E-state index contributed by atoms with van der Waals surface area (Å²) < 4.78 is 10.8. The van der Waals surface area contributed by atoms with Crippen molar-refractivity contribution >= 4 is 11.9 Å². The monoisotopic (exact) mass is 350 g/mol. The molecule has 1 fully saturated rings. The van der Waals surface area contributed by atoms with E-state index in [2.05, 4.69) is 13.8 Å². The van der Waals surface area contributed by atoms with E-state index in [1.165, 1.54) is 0 Å². The lowest BCUT2D eigenvalue weighted by atomic mass is 9.82. The van der Waals surface area contributed by atoms with Crippen LogP contribution in [0.4, 0.5) is 0 Å². The van der Waals surface area contributed by atoms with Crippen molar-refractivity contribution in [2.45, 2.75) is 25.7 Å². The van der Waals surface area contributed by atoms with Crippen LogP contribution in [0.25, 0.3) is 0 Å². The van der Waals surface area contributed by atoms with Gasteiger partial charge in [0, 0.05) is 0 Å². The van der Waals surface area contributed by atoms with Gasteiger partial charge in [-0.2, -0.15) is 0 Å². The molecule has 2 aromatic carbocycles. The Labute approximate surface area is 154 Å². The fourth-order valence-corrected chi connectivity index (χ4v) is 3.08. The minimum absolute atomic E-state index is 0.177. The maximum atomic E-state index is 12.3. The molecule has 26 heavy (non-hydrogen) atoms. The molecule has 0 spiro atoms. The third-order valence-corrected chi connectivity index (χ3v) is 4.68. The number of hydrogen-bond acceptors (Lipinski definition) is 4. The predicted molar refractivity (Wildman–Crippen MR) is 98.5 cm³/mol. The number of rotatable bonds is 4. The topological polar surface area (TPSA) is 52.6 Å². The van der Waals surface area contributed by atoms with Gasteiger partial charge in [0.05, 0.1) is 11.8 Å². The van der Waals surface area contributed by atoms with E-state index in [1.807, 2.05) is 0 Å². The molecule has 0 amide bonds. The Kier molecular flexibility index (Phi) is 5.71. The van der Waals surface area contributed by atoms with Crippen molar-refractivity contribution in [2.24, 2.45) is 11.8 Å². The molecule has 0 heterocycles. The van der Waals surface area contributed by atoms with Crippen molar-refractivity contribution in [3.8, 4) is 11.5 Å². The van der Waals surface area contributed by atoms with Gasteiger partial charge in [0.25, 0.3) is 0 Å². The van der Waals surface area contributed by atoms with Gasteiger partial charge in [-0.15, -0.1) is 0 Å². The Morgan fingerprint density at radius 3 is 1.27 bits per heavy atom. The van der Waals surface area contributed by atoms with Crippen LogP contribution in [0.1, 0.15) is 36.8 Å². The molecule has 134 valence electrons. The maximum Gasteiger partial charge on any atom is 0.314 e. The van der Waals surface area contributed by atoms with E-state index in [0.29, 0.717) is 37.2 Å². The Hall–Kier alpha value is -2.62. The molecule has 2 aromatic rings. The number of benzene rings is 2. The third kappa shape index (κ3) is 4.72. The SMILES string of the molecule is [CH2]c1ccc(OC(=O)C2CCC(C(=O)Oc3ccc([CH2])cc3)CC2)cc1. The molecule has 0 unspecified atom stereocenters. The van der Waals surface area contributed by atoms with Gasteiger partial charge >= 0.3 is 11.9 Å². The average Bonchev–Trinajstić information content (AvgIpc) is 2.65. The Balaban J connectivity index is 1.48. The highest BCUT2D eigenvalue weighted by atomic mass is 16.5. The minimum Gasteiger partial charge on any atom is -0.426 e. The summed E-state index contributed by atoms with van der Waals surface area (Å²) in [7, 11) is 0. The average molecular weight is 350 g/mol. The van der Waals surface area contributed by atoms with Crippen LogP contribution >= 0.6 is 0 Å². The van der Waals surface area contributed by atoms with E-state index in [9.17, 15) is 9.59 Å². The molecule has 4 nitrogen and oxygen atoms in total. The zero-order chi connectivity index (χ0) is 18.5. The largest absolute Gasteiger partial charge is 0.426 e. The zero-order valence-corrected chi connectivity index (χ0v) is 14.6. The first kappa shape index (κ1) is 18.2. The molecule has 1 aliphatic carbocycles. The lowest BCUT2D eigenvalue weighted by Crippen LogP contribution is -2.30. The first-order valence-electron chi connectivity index (χ1n) is 8.78. The van der Waals surface area contributed by atoms with Gasteiger partial charge in [-0.25, -0.2) is 0 Å². The van der Waals surface area contributed by atoms with Crippen LogP contribution in [-0.4, -0.2) is 11.9 Å². The number of carbonyl (C=O) groups is 2. The molecule has 0 atom stereocenters. The number of hydrogen-bond donors (Lipinski definition) is 0. The highest BCUT2D eigenvalue weighted by molar-refractivity contribution is 5.77. The van der Waals surface area contributed by atoms with Gasteiger partial charge in [0.1, 0.15) is 11.5 Å². The standard InChI is InChI=1S/C22H22O4/c1-15-3-11-19(12-4-15)25-21(23)17-7-9-18(10-8-17)22(24)26-20-13-5-16(2)6-14-20/h3-6,11-14,17-18H,1-2,7-10H2. The normalized spacial score (nSPS) is 19.6. The van der Waals surface area contributed by atoms with E-state index in [0.717, 1.165) is 11.1 Å². The van der Waals surface area contributed by atoms with E-state index < -0.39 is 0 Å². The number of esters is 2. The van der Waals surface area contributed by atoms with Gasteiger partial charge in [-0.3, -0.25) is 9.59 Å². The minimum atomic E-state index is -0.236. The van der Waals surface area contributed by atoms with E-state index >= 15 is 0 Å². The summed E-state index contributed by atoms with van der Waals surface area (Å²) in [4.78, 5) is 24.6. The summed E-state index contributed by atoms with van der Waals surface area (Å²) in [5.74, 6) is 0.225. The lowest BCUT2D eigenvalue weighted by molar-refractivity contribution is -0.145. The summed E-state index contributed by atoms with van der Waals surface area (Å²) in [6.45, 7) is 7.60. The third-order valence-electron chi connectivity index (χ3n) is 4.68. The highest BCUT2D eigenvalue weighted by Crippen LogP contribution is 2.31. The highest BCUT2D eigenvalue weighted by Gasteiger charge is 2.32. The van der Waals surface area contributed by atoms with Crippen molar-refractivity contribution in [3.63, 3.8) is 0 Å². The van der Waals surface area contributed by atoms with Gasteiger partial charge < -0.3 is 9.47 Å². The molecule has 1 aliphatic rings. The van der Waals surface area contributed by atoms with Gasteiger partial charge in [-0.05, 0) is 74.9 Å². The van der Waals surface area contributed by atoms with Crippen molar-refractivity contribution in [1.82, 2.24) is 0 Å². The second kappa shape index (κ2) is 8.17. The van der Waals surface area contributed by atoms with E-state index in [1.54, 1.807) is 48.5 Å². The molecule has 3 rings (SSSR count). The second-order valence-corrected chi connectivity index (χ2v) is 6.68. The fourth-order valence-electron chi connectivity index (χ4n) is 3.08. The van der Waals surface area contributed by atoms with E-state index in [-0.39, 0.29) is 23.8 Å². The lowest BCUT2D eigenvalue weighted by Gasteiger charge is -2.25. The van der Waals surface area contributed by atoms with Crippen LogP contribution in [0.3, 0.4) is 0 Å². The van der Waals surface area contributed by atoms with Crippen LogP contribution in [0.2, 0.25) is 0 Å². The van der Waals surface area contributed by atoms with Crippen LogP contribution in [-0.2, 0) is 9.59 Å². The summed E-state index contributed by atoms with van der Waals surface area (Å²) in [6.07, 6.45) is 2.52. The Morgan fingerprint density at radius 2 is 0.962 bits per heavy atom. The molecule has 0 aliphatic heterocycles. The first-order valence-corrected chi connectivity index (χ1v) is 8.78.